The quantitative estimate of drug-likeness (QED) is 0.628. The van der Waals surface area contributed by atoms with E-state index in [4.69, 9.17) is 12.2 Å². The largest absolute Gasteiger partial charge is 0.308 e. The van der Waals surface area contributed by atoms with Crippen molar-refractivity contribution in [2.45, 2.75) is 19.3 Å². The summed E-state index contributed by atoms with van der Waals surface area (Å²) in [6.07, 6.45) is 2.47. The number of Topliss-reactive ketones (excluding diaryl/α,β-unsaturated/α-hetero) is 1. The van der Waals surface area contributed by atoms with Crippen molar-refractivity contribution < 1.29 is 9.59 Å². The summed E-state index contributed by atoms with van der Waals surface area (Å²) >= 11 is 6.60. The molecule has 0 saturated carbocycles. The number of thiazole rings is 1. The normalized spacial score (nSPS) is 12.9. The van der Waals surface area contributed by atoms with Gasteiger partial charge in [-0.2, -0.15) is 0 Å². The Morgan fingerprint density at radius 3 is 2.75 bits per heavy atom. The molecule has 0 aliphatic heterocycles. The molecule has 140 valence electrons. The average molecular weight is 408 g/mol. The maximum Gasteiger partial charge on any atom is 0.257 e. The molecule has 28 heavy (non-hydrogen) atoms. The summed E-state index contributed by atoms with van der Waals surface area (Å²) in [5.41, 5.74) is 4.11. The van der Waals surface area contributed by atoms with E-state index in [1.807, 2.05) is 29.6 Å². The highest BCUT2D eigenvalue weighted by Crippen LogP contribution is 2.29. The fourth-order valence-corrected chi connectivity index (χ4v) is 4.12. The lowest BCUT2D eigenvalue weighted by molar-refractivity contribution is 0.0966. The number of carbonyl (C=O) groups excluding carboxylic acids is 2. The van der Waals surface area contributed by atoms with Crippen LogP contribution in [-0.4, -0.2) is 21.8 Å². The number of carbonyl (C=O) groups is 2. The Morgan fingerprint density at radius 2 is 1.93 bits per heavy atom. The summed E-state index contributed by atoms with van der Waals surface area (Å²) in [5.74, 6) is -0.0791. The van der Waals surface area contributed by atoms with Crippen LogP contribution in [-0.2, 0) is 6.42 Å². The van der Waals surface area contributed by atoms with Gasteiger partial charge in [0, 0.05) is 28.5 Å². The molecule has 5 nitrogen and oxygen atoms in total. The number of hydrogen-bond donors (Lipinski definition) is 2. The first kappa shape index (κ1) is 18.5. The third-order valence-corrected chi connectivity index (χ3v) is 5.51. The number of amides is 1. The molecule has 0 fully saturated rings. The van der Waals surface area contributed by atoms with Crippen LogP contribution >= 0.6 is 23.6 Å². The van der Waals surface area contributed by atoms with Gasteiger partial charge in [-0.05, 0) is 48.8 Å². The Hall–Kier alpha value is -2.90. The Morgan fingerprint density at radius 1 is 1.11 bits per heavy atom. The van der Waals surface area contributed by atoms with E-state index < -0.39 is 0 Å². The van der Waals surface area contributed by atoms with Crippen LogP contribution in [0.4, 0.5) is 5.13 Å². The number of benzene rings is 2. The van der Waals surface area contributed by atoms with E-state index in [1.165, 1.54) is 11.3 Å². The molecule has 1 aromatic heterocycles. The summed E-state index contributed by atoms with van der Waals surface area (Å²) in [5, 5.41) is 8.26. The third-order valence-electron chi connectivity index (χ3n) is 4.54. The lowest BCUT2D eigenvalue weighted by atomic mass is 9.89. The predicted octanol–water partition coefficient (Wildman–Crippen LogP) is 4.46. The number of thiocarbonyl (C=S) groups is 1. The van der Waals surface area contributed by atoms with Gasteiger partial charge >= 0.3 is 0 Å². The molecular formula is C21H17N3O2S2. The molecule has 1 amide bonds. The van der Waals surface area contributed by atoms with Crippen LogP contribution in [0.15, 0.2) is 53.9 Å². The van der Waals surface area contributed by atoms with E-state index in [-0.39, 0.29) is 16.8 Å². The average Bonchev–Trinajstić information content (AvgIpc) is 3.17. The number of fused-ring (bicyclic) bond motifs is 1. The Kier molecular flexibility index (Phi) is 5.27. The molecule has 1 aliphatic carbocycles. The van der Waals surface area contributed by atoms with Crippen molar-refractivity contribution in [3.8, 4) is 11.3 Å². The van der Waals surface area contributed by atoms with E-state index in [0.29, 0.717) is 17.1 Å². The molecule has 0 radical (unpaired) electrons. The zero-order valence-electron chi connectivity index (χ0n) is 14.9. The monoisotopic (exact) mass is 407 g/mol. The van der Waals surface area contributed by atoms with Crippen molar-refractivity contribution in [1.29, 1.82) is 0 Å². The molecule has 0 unspecified atom stereocenters. The highest BCUT2D eigenvalue weighted by molar-refractivity contribution is 7.80. The minimum Gasteiger partial charge on any atom is -0.308 e. The van der Waals surface area contributed by atoms with Gasteiger partial charge in [0.2, 0.25) is 0 Å². The predicted molar refractivity (Wildman–Crippen MR) is 115 cm³/mol. The van der Waals surface area contributed by atoms with Crippen LogP contribution in [0.1, 0.15) is 39.1 Å². The molecule has 0 spiro atoms. The van der Waals surface area contributed by atoms with Crippen LogP contribution in [0.2, 0.25) is 0 Å². The summed E-state index contributed by atoms with van der Waals surface area (Å²) in [6, 6.07) is 14.8. The second kappa shape index (κ2) is 8.00. The highest BCUT2D eigenvalue weighted by atomic mass is 32.1. The number of aromatic nitrogens is 1. The number of rotatable bonds is 3. The fourth-order valence-electron chi connectivity index (χ4n) is 3.14. The number of aryl methyl sites for hydroxylation is 1. The van der Waals surface area contributed by atoms with E-state index >= 15 is 0 Å². The van der Waals surface area contributed by atoms with E-state index in [2.05, 4.69) is 15.6 Å². The molecule has 2 N–H and O–H groups in total. The maximum absolute atomic E-state index is 12.2. The van der Waals surface area contributed by atoms with Crippen molar-refractivity contribution in [3.63, 3.8) is 0 Å². The Bertz CT molecular complexity index is 1060. The first-order valence-electron chi connectivity index (χ1n) is 8.89. The smallest absolute Gasteiger partial charge is 0.257 e. The van der Waals surface area contributed by atoms with Crippen molar-refractivity contribution in [2.24, 2.45) is 0 Å². The molecule has 4 rings (SSSR count). The number of nitrogens with one attached hydrogen (secondary N) is 2. The number of hydrogen-bond acceptors (Lipinski definition) is 5. The molecule has 1 aliphatic rings. The molecule has 3 aromatic rings. The van der Waals surface area contributed by atoms with Gasteiger partial charge in [-0.3, -0.25) is 14.9 Å². The SMILES string of the molecule is O=C(NC(=S)Nc1nc(-c2ccc3c(c2)C(=O)CCC3)cs1)c1ccccc1. The minimum atomic E-state index is -0.275. The topological polar surface area (TPSA) is 71.1 Å². The van der Waals surface area contributed by atoms with Gasteiger partial charge < -0.3 is 5.32 Å². The number of nitrogens with zero attached hydrogens (tertiary/aromatic N) is 1. The molecule has 0 bridgehead atoms. The van der Waals surface area contributed by atoms with Crippen LogP contribution < -0.4 is 10.6 Å². The zero-order valence-corrected chi connectivity index (χ0v) is 16.5. The second-order valence-corrected chi connectivity index (χ2v) is 7.73. The molecule has 0 atom stereocenters. The first-order chi connectivity index (χ1) is 13.6. The lowest BCUT2D eigenvalue weighted by Gasteiger charge is -2.15. The Labute approximate surface area is 171 Å². The fraction of sp³-hybridized carbons (Fsp3) is 0.143. The molecular weight excluding hydrogens is 390 g/mol. The lowest BCUT2D eigenvalue weighted by Crippen LogP contribution is -2.34. The summed E-state index contributed by atoms with van der Waals surface area (Å²) < 4.78 is 0. The standard InChI is InChI=1S/C21H17N3O2S2/c25-18-8-4-7-13-9-10-15(11-16(13)18)17-12-28-21(22-17)24-20(27)23-19(26)14-5-2-1-3-6-14/h1-3,5-6,9-12H,4,7-8H2,(H2,22,23,24,26,27). The van der Waals surface area contributed by atoms with E-state index in [1.54, 1.807) is 24.3 Å². The summed E-state index contributed by atoms with van der Waals surface area (Å²) in [7, 11) is 0. The van der Waals surface area contributed by atoms with Gasteiger partial charge in [0.15, 0.2) is 16.0 Å². The van der Waals surface area contributed by atoms with E-state index in [0.717, 1.165) is 35.2 Å². The van der Waals surface area contributed by atoms with Gasteiger partial charge in [0.25, 0.3) is 5.91 Å². The summed E-state index contributed by atoms with van der Waals surface area (Å²) in [4.78, 5) is 28.8. The van der Waals surface area contributed by atoms with Crippen molar-refractivity contribution in [1.82, 2.24) is 10.3 Å². The third kappa shape index (κ3) is 4.00. The van der Waals surface area contributed by atoms with Crippen molar-refractivity contribution in [3.05, 3.63) is 70.6 Å². The Balaban J connectivity index is 1.45. The van der Waals surface area contributed by atoms with Crippen LogP contribution in [0.5, 0.6) is 0 Å². The van der Waals surface area contributed by atoms with Crippen LogP contribution in [0.3, 0.4) is 0 Å². The molecule has 1 heterocycles. The first-order valence-corrected chi connectivity index (χ1v) is 10.2. The number of ketones is 1. The minimum absolute atomic E-state index is 0.190. The zero-order chi connectivity index (χ0) is 19.5. The van der Waals surface area contributed by atoms with Crippen molar-refractivity contribution in [2.75, 3.05) is 5.32 Å². The van der Waals surface area contributed by atoms with Crippen LogP contribution in [0, 0.1) is 0 Å². The second-order valence-electron chi connectivity index (χ2n) is 6.46. The molecule has 7 heteroatoms. The van der Waals surface area contributed by atoms with Gasteiger partial charge in [-0.25, -0.2) is 4.98 Å². The number of anilines is 1. The van der Waals surface area contributed by atoms with Crippen LogP contribution in [0.25, 0.3) is 11.3 Å². The van der Waals surface area contributed by atoms with Gasteiger partial charge in [0.1, 0.15) is 0 Å². The van der Waals surface area contributed by atoms with Crippen molar-refractivity contribution >= 4 is 45.5 Å². The van der Waals surface area contributed by atoms with E-state index in [9.17, 15) is 9.59 Å². The van der Waals surface area contributed by atoms with Gasteiger partial charge in [0.05, 0.1) is 5.69 Å². The molecule has 2 aromatic carbocycles. The maximum atomic E-state index is 12.2. The molecule has 0 saturated heterocycles. The van der Waals surface area contributed by atoms with Gasteiger partial charge in [-0.15, -0.1) is 11.3 Å². The highest BCUT2D eigenvalue weighted by Gasteiger charge is 2.18. The van der Waals surface area contributed by atoms with Gasteiger partial charge in [-0.1, -0.05) is 30.3 Å². The summed E-state index contributed by atoms with van der Waals surface area (Å²) in [6.45, 7) is 0.